The van der Waals surface area contributed by atoms with E-state index in [1.165, 1.54) is 24.3 Å². The Kier molecular flexibility index (Phi) is 2.47. The van der Waals surface area contributed by atoms with Crippen molar-refractivity contribution >= 4 is 18.5 Å². The first-order valence-electron chi connectivity index (χ1n) is 3.37. The van der Waals surface area contributed by atoms with Gasteiger partial charge >= 0.3 is 7.12 Å². The molecule has 0 radical (unpaired) electrons. The zero-order valence-corrected chi connectivity index (χ0v) is 6.27. The van der Waals surface area contributed by atoms with Gasteiger partial charge < -0.3 is 15.8 Å². The lowest BCUT2D eigenvalue weighted by Crippen LogP contribution is -2.29. The van der Waals surface area contributed by atoms with Gasteiger partial charge in [0, 0.05) is 8.42 Å². The summed E-state index contributed by atoms with van der Waals surface area (Å²) in [4.78, 5) is 10.6. The monoisotopic (exact) mass is 169 g/mol. The lowest BCUT2D eigenvalue weighted by atomic mass is 9.80. The molecule has 0 aliphatic rings. The Hall–Kier alpha value is -1.33. The predicted molar refractivity (Wildman–Crippen MR) is 49.0 cm³/mol. The summed E-state index contributed by atoms with van der Waals surface area (Å²) in [6.07, 6.45) is 0. The van der Waals surface area contributed by atoms with Crippen LogP contribution in [0.3, 0.4) is 0 Å². The molecule has 1 aromatic rings. The van der Waals surface area contributed by atoms with Crippen LogP contribution in [0, 0.1) is 0 Å². The number of hydrogen-bond donors (Lipinski definition) is 3. The van der Waals surface area contributed by atoms with Crippen molar-refractivity contribution in [1.29, 1.82) is 0 Å². The summed E-state index contributed by atoms with van der Waals surface area (Å²) < 4.78 is 0. The Bertz CT molecular complexity index is 291. The van der Waals surface area contributed by atoms with Crippen molar-refractivity contribution in [3.8, 4) is 0 Å². The number of amides is 1. The van der Waals surface area contributed by atoms with Crippen LogP contribution < -0.4 is 11.2 Å². The van der Waals surface area contributed by atoms with E-state index >= 15 is 0 Å². The van der Waals surface area contributed by atoms with Crippen molar-refractivity contribution < 1.29 is 17.7 Å². The lowest BCUT2D eigenvalue weighted by Gasteiger charge is -1.99. The highest BCUT2D eigenvalue weighted by Crippen LogP contribution is 1.94. The molecule has 1 amide bonds. The summed E-state index contributed by atoms with van der Waals surface area (Å²) in [5.74, 6) is -0.533. The first-order chi connectivity index (χ1) is 5.61. The van der Waals surface area contributed by atoms with Crippen molar-refractivity contribution in [3.63, 3.8) is 0 Å². The number of primary amides is 1. The molecule has 12 heavy (non-hydrogen) atoms. The molecule has 0 bridgehead atoms. The topological polar surface area (TPSA) is 83.6 Å². The van der Waals surface area contributed by atoms with E-state index < -0.39 is 13.0 Å². The molecule has 1 rings (SSSR count). The van der Waals surface area contributed by atoms with Gasteiger partial charge in [0.1, 0.15) is 0 Å². The number of nitrogens with two attached hydrogens (primary N) is 1. The molecule has 0 atom stereocenters. The van der Waals surface area contributed by atoms with Gasteiger partial charge in [-0.3, -0.25) is 4.79 Å². The van der Waals surface area contributed by atoms with E-state index in [0.29, 0.717) is 11.0 Å². The molecule has 0 fully saturated rings. The van der Waals surface area contributed by atoms with Gasteiger partial charge in [0.25, 0.3) is 0 Å². The smallest absolute Gasteiger partial charge is 0.423 e. The molecule has 4 nitrogen and oxygen atoms in total. The molecule has 1 aromatic carbocycles. The average molecular weight is 169 g/mol. The maximum absolute atomic E-state index is 10.6. The third-order valence-electron chi connectivity index (χ3n) is 1.49. The fourth-order valence-corrected chi connectivity index (χ4v) is 0.820. The van der Waals surface area contributed by atoms with Gasteiger partial charge in [0.2, 0.25) is 5.91 Å². The minimum absolute atomic E-state index is 0. The molecular formula is C7H12BNO3. The number of carbonyl (C=O) groups excluding carboxylic acids is 1. The second-order valence-electron chi connectivity index (χ2n) is 2.36. The Labute approximate surface area is 72.7 Å². The van der Waals surface area contributed by atoms with Crippen molar-refractivity contribution in [2.45, 2.75) is 0 Å². The molecule has 0 aliphatic heterocycles. The van der Waals surface area contributed by atoms with E-state index in [-0.39, 0.29) is 2.85 Å². The highest BCUT2D eigenvalue weighted by atomic mass is 16.4. The molecule has 0 aliphatic carbocycles. The fraction of sp³-hybridized carbons (Fsp3) is 0. The molecule has 0 heterocycles. The summed E-state index contributed by atoms with van der Waals surface area (Å²) in [6, 6.07) is 5.75. The normalized spacial score (nSPS) is 9.50. The molecule has 5 heteroatoms. The van der Waals surface area contributed by atoms with E-state index in [9.17, 15) is 4.79 Å². The number of rotatable bonds is 2. The van der Waals surface area contributed by atoms with Crippen LogP contribution in [0.15, 0.2) is 24.3 Å². The summed E-state index contributed by atoms with van der Waals surface area (Å²) >= 11 is 0. The van der Waals surface area contributed by atoms with E-state index in [2.05, 4.69) is 0 Å². The molecule has 0 saturated carbocycles. The van der Waals surface area contributed by atoms with Gasteiger partial charge in [-0.15, -0.1) is 0 Å². The predicted octanol–water partition coefficient (Wildman–Crippen LogP) is -1.04. The molecule has 4 N–H and O–H groups in total. The van der Waals surface area contributed by atoms with E-state index in [4.69, 9.17) is 15.8 Å². The van der Waals surface area contributed by atoms with Gasteiger partial charge in [-0.2, -0.15) is 0 Å². The highest BCUT2D eigenvalue weighted by molar-refractivity contribution is 6.58. The van der Waals surface area contributed by atoms with Crippen molar-refractivity contribution in [3.05, 3.63) is 29.8 Å². The third-order valence-corrected chi connectivity index (χ3v) is 1.49. The third kappa shape index (κ3) is 1.84. The van der Waals surface area contributed by atoms with Crippen LogP contribution in [0.5, 0.6) is 0 Å². The summed E-state index contributed by atoms with van der Waals surface area (Å²) in [5, 5.41) is 17.4. The SMILES string of the molecule is NC(=O)c1ccc(B(O)O)cc1.[HH].[HH]. The first kappa shape index (κ1) is 8.77. The van der Waals surface area contributed by atoms with E-state index in [1.807, 2.05) is 0 Å². The lowest BCUT2D eigenvalue weighted by molar-refractivity contribution is 0.100. The Balaban J connectivity index is 0. The van der Waals surface area contributed by atoms with Crippen LogP contribution in [0.25, 0.3) is 0 Å². The summed E-state index contributed by atoms with van der Waals surface area (Å²) in [6.45, 7) is 0. The van der Waals surface area contributed by atoms with Crippen LogP contribution >= 0.6 is 0 Å². The number of benzene rings is 1. The molecule has 0 saturated heterocycles. The van der Waals surface area contributed by atoms with Gasteiger partial charge in [-0.05, 0) is 17.6 Å². The van der Waals surface area contributed by atoms with Gasteiger partial charge in [0.05, 0.1) is 0 Å². The second-order valence-corrected chi connectivity index (χ2v) is 2.36. The minimum atomic E-state index is -1.51. The largest absolute Gasteiger partial charge is 0.488 e. The Morgan fingerprint density at radius 1 is 1.33 bits per heavy atom. The van der Waals surface area contributed by atoms with Crippen LogP contribution in [0.1, 0.15) is 13.2 Å². The fourth-order valence-electron chi connectivity index (χ4n) is 0.820. The first-order valence-corrected chi connectivity index (χ1v) is 3.37. The van der Waals surface area contributed by atoms with Crippen molar-refractivity contribution in [2.75, 3.05) is 0 Å². The standard InChI is InChI=1S/C7H8BNO3.2H2/c9-7(10)5-1-3-6(4-2-5)8(11)12;;/h1-4,11-12H,(H2,9,10);2*1H. The van der Waals surface area contributed by atoms with Crippen molar-refractivity contribution in [1.82, 2.24) is 0 Å². The zero-order chi connectivity index (χ0) is 9.14. The minimum Gasteiger partial charge on any atom is -0.423 e. The average Bonchev–Trinajstić information content (AvgIpc) is 2.04. The summed E-state index contributed by atoms with van der Waals surface area (Å²) in [7, 11) is -1.51. The van der Waals surface area contributed by atoms with Gasteiger partial charge in [-0.1, -0.05) is 12.1 Å². The van der Waals surface area contributed by atoms with Crippen LogP contribution in [-0.2, 0) is 0 Å². The number of hydrogen-bond acceptors (Lipinski definition) is 3. The Morgan fingerprint density at radius 3 is 2.17 bits per heavy atom. The van der Waals surface area contributed by atoms with Crippen LogP contribution in [0.2, 0.25) is 0 Å². The van der Waals surface area contributed by atoms with Gasteiger partial charge in [0.15, 0.2) is 0 Å². The molecule has 66 valence electrons. The molecular weight excluding hydrogens is 157 g/mol. The summed E-state index contributed by atoms with van der Waals surface area (Å²) in [5.41, 5.74) is 5.66. The molecule has 0 aromatic heterocycles. The highest BCUT2D eigenvalue weighted by Gasteiger charge is 2.10. The maximum Gasteiger partial charge on any atom is 0.488 e. The van der Waals surface area contributed by atoms with Crippen molar-refractivity contribution in [2.24, 2.45) is 5.73 Å². The Morgan fingerprint density at radius 2 is 1.83 bits per heavy atom. The van der Waals surface area contributed by atoms with Crippen LogP contribution in [0.4, 0.5) is 0 Å². The maximum atomic E-state index is 10.6. The van der Waals surface area contributed by atoms with Crippen LogP contribution in [-0.4, -0.2) is 23.1 Å². The zero-order valence-electron chi connectivity index (χ0n) is 6.27. The van der Waals surface area contributed by atoms with E-state index in [0.717, 1.165) is 0 Å². The van der Waals surface area contributed by atoms with E-state index in [1.54, 1.807) is 0 Å². The molecule has 0 spiro atoms. The number of carbonyl (C=O) groups is 1. The quantitative estimate of drug-likeness (QED) is 0.494. The molecule has 0 unspecified atom stereocenters. The van der Waals surface area contributed by atoms with Gasteiger partial charge in [-0.25, -0.2) is 0 Å². The second kappa shape index (κ2) is 3.38.